The van der Waals surface area contributed by atoms with E-state index in [2.05, 4.69) is 0 Å². The zero-order valence-corrected chi connectivity index (χ0v) is 18.1. The first-order chi connectivity index (χ1) is 16.4. The van der Waals surface area contributed by atoms with Crippen molar-refractivity contribution in [1.82, 2.24) is 0 Å². The molecule has 5 aromatic rings. The van der Waals surface area contributed by atoms with Crippen LogP contribution in [-0.4, -0.2) is 25.5 Å². The predicted molar refractivity (Wildman–Crippen MR) is 129 cm³/mol. The van der Waals surface area contributed by atoms with E-state index in [-0.39, 0.29) is 28.7 Å². The summed E-state index contributed by atoms with van der Waals surface area (Å²) in [7, 11) is 0. The van der Waals surface area contributed by atoms with Crippen LogP contribution in [0.4, 0.5) is 0 Å². The number of hydrogen-bond acceptors (Lipinski definition) is 6. The van der Waals surface area contributed by atoms with E-state index in [0.29, 0.717) is 35.3 Å². The summed E-state index contributed by atoms with van der Waals surface area (Å²) in [6.45, 7) is 0. The zero-order chi connectivity index (χ0) is 23.8. The van der Waals surface area contributed by atoms with Crippen LogP contribution in [0.1, 0.15) is 11.1 Å². The second-order valence-corrected chi connectivity index (χ2v) is 8.28. The molecular formula is C28H22O6. The van der Waals surface area contributed by atoms with Gasteiger partial charge in [-0.1, -0.05) is 6.07 Å². The Morgan fingerprint density at radius 3 is 1.74 bits per heavy atom. The maximum atomic E-state index is 10.1. The van der Waals surface area contributed by atoms with Crippen LogP contribution in [0.2, 0.25) is 0 Å². The smallest absolute Gasteiger partial charge is 0.143 e. The van der Waals surface area contributed by atoms with Crippen LogP contribution in [0.3, 0.4) is 0 Å². The first kappa shape index (κ1) is 21.3. The fourth-order valence-electron chi connectivity index (χ4n) is 4.23. The van der Waals surface area contributed by atoms with Crippen LogP contribution in [0.15, 0.2) is 83.3 Å². The van der Waals surface area contributed by atoms with Crippen LogP contribution in [0, 0.1) is 0 Å². The van der Waals surface area contributed by atoms with Crippen LogP contribution in [0.5, 0.6) is 28.7 Å². The van der Waals surface area contributed by atoms with Gasteiger partial charge in [-0.05, 0) is 90.2 Å². The van der Waals surface area contributed by atoms with Gasteiger partial charge in [-0.15, -0.1) is 0 Å². The highest BCUT2D eigenvalue weighted by Crippen LogP contribution is 2.43. The number of benzene rings is 4. The van der Waals surface area contributed by atoms with Crippen molar-refractivity contribution >= 4 is 11.0 Å². The first-order valence-corrected chi connectivity index (χ1v) is 10.8. The normalized spacial score (nSPS) is 11.2. The molecule has 170 valence electrons. The molecule has 0 saturated heterocycles. The van der Waals surface area contributed by atoms with E-state index < -0.39 is 0 Å². The van der Waals surface area contributed by atoms with Crippen molar-refractivity contribution in [1.29, 1.82) is 0 Å². The molecule has 34 heavy (non-hydrogen) atoms. The lowest BCUT2D eigenvalue weighted by Gasteiger charge is -2.07. The van der Waals surface area contributed by atoms with Crippen LogP contribution in [-0.2, 0) is 12.8 Å². The van der Waals surface area contributed by atoms with E-state index in [1.807, 2.05) is 18.2 Å². The molecule has 6 nitrogen and oxygen atoms in total. The summed E-state index contributed by atoms with van der Waals surface area (Å²) in [4.78, 5) is 0. The lowest BCUT2D eigenvalue weighted by molar-refractivity contribution is 0.448. The van der Waals surface area contributed by atoms with Crippen molar-refractivity contribution < 1.29 is 29.9 Å². The second-order valence-electron chi connectivity index (χ2n) is 8.28. The Morgan fingerprint density at radius 2 is 1.09 bits per heavy atom. The van der Waals surface area contributed by atoms with Crippen molar-refractivity contribution in [3.8, 4) is 51.2 Å². The number of phenols is 5. The minimum Gasteiger partial charge on any atom is -0.508 e. The number of fused-ring (bicyclic) bond motifs is 1. The average Bonchev–Trinajstić information content (AvgIpc) is 3.15. The van der Waals surface area contributed by atoms with Gasteiger partial charge < -0.3 is 29.9 Å². The van der Waals surface area contributed by atoms with Gasteiger partial charge in [-0.3, -0.25) is 0 Å². The third-order valence-corrected chi connectivity index (χ3v) is 5.74. The number of hydrogen-bond donors (Lipinski definition) is 5. The minimum atomic E-state index is -0.0687. The van der Waals surface area contributed by atoms with Crippen LogP contribution in [0.25, 0.3) is 33.4 Å². The predicted octanol–water partition coefficient (Wildman–Crippen LogP) is 6.08. The molecule has 0 amide bonds. The topological polar surface area (TPSA) is 114 Å². The van der Waals surface area contributed by atoms with Crippen molar-refractivity contribution in [3.63, 3.8) is 0 Å². The van der Waals surface area contributed by atoms with Gasteiger partial charge in [0.15, 0.2) is 0 Å². The lowest BCUT2D eigenvalue weighted by Crippen LogP contribution is -1.91. The largest absolute Gasteiger partial charge is 0.508 e. The van der Waals surface area contributed by atoms with Crippen LogP contribution >= 0.6 is 0 Å². The van der Waals surface area contributed by atoms with Crippen molar-refractivity contribution in [3.05, 3.63) is 90.0 Å². The first-order valence-electron chi connectivity index (χ1n) is 10.8. The number of aryl methyl sites for hydroxylation is 2. The Bertz CT molecular complexity index is 1460. The molecule has 0 atom stereocenters. The Labute approximate surface area is 195 Å². The van der Waals surface area contributed by atoms with Gasteiger partial charge in [-0.2, -0.15) is 0 Å². The molecule has 4 aromatic carbocycles. The molecule has 0 spiro atoms. The SMILES string of the molecule is Oc1ccc(-c2oc3ccc(CCc4cc(O)cc(O)c4)cc3c2-c2cc(O)cc(O)c2)cc1. The van der Waals surface area contributed by atoms with E-state index in [1.165, 1.54) is 12.1 Å². The van der Waals surface area contributed by atoms with Crippen molar-refractivity contribution in [2.45, 2.75) is 12.8 Å². The van der Waals surface area contributed by atoms with E-state index in [9.17, 15) is 25.5 Å². The molecule has 0 aliphatic heterocycles. The fourth-order valence-corrected chi connectivity index (χ4v) is 4.23. The molecular weight excluding hydrogens is 432 g/mol. The molecule has 0 aliphatic carbocycles. The highest BCUT2D eigenvalue weighted by atomic mass is 16.3. The Kier molecular flexibility index (Phi) is 5.26. The molecule has 5 rings (SSSR count). The molecule has 0 fully saturated rings. The van der Waals surface area contributed by atoms with Gasteiger partial charge in [0.2, 0.25) is 0 Å². The van der Waals surface area contributed by atoms with Crippen LogP contribution < -0.4 is 0 Å². The summed E-state index contributed by atoms with van der Waals surface area (Å²) in [6.07, 6.45) is 1.27. The van der Waals surface area contributed by atoms with Gasteiger partial charge >= 0.3 is 0 Å². The maximum absolute atomic E-state index is 10.1. The summed E-state index contributed by atoms with van der Waals surface area (Å²) in [5.41, 5.74) is 4.51. The number of rotatable bonds is 5. The third-order valence-electron chi connectivity index (χ3n) is 5.74. The maximum Gasteiger partial charge on any atom is 0.143 e. The second kappa shape index (κ2) is 8.41. The summed E-state index contributed by atoms with van der Waals surface area (Å²) < 4.78 is 6.20. The summed E-state index contributed by atoms with van der Waals surface area (Å²) in [6, 6.07) is 21.4. The Hall–Kier alpha value is -4.58. The van der Waals surface area contributed by atoms with E-state index in [4.69, 9.17) is 4.42 Å². The van der Waals surface area contributed by atoms with Crippen molar-refractivity contribution in [2.24, 2.45) is 0 Å². The molecule has 0 unspecified atom stereocenters. The van der Waals surface area contributed by atoms with E-state index in [0.717, 1.165) is 22.1 Å². The minimum absolute atomic E-state index is 0.0183. The van der Waals surface area contributed by atoms with E-state index in [1.54, 1.807) is 48.5 Å². The standard InChI is InChI=1S/C28H22O6/c29-20-6-4-18(5-7-20)28-27(19-12-23(32)15-24(33)13-19)25-11-16(3-8-26(25)34-28)1-2-17-9-21(30)14-22(31)10-17/h3-15,29-33H,1-2H2. The summed E-state index contributed by atoms with van der Waals surface area (Å²) >= 11 is 0. The van der Waals surface area contributed by atoms with Gasteiger partial charge in [0.25, 0.3) is 0 Å². The third kappa shape index (κ3) is 4.21. The highest BCUT2D eigenvalue weighted by molar-refractivity contribution is 6.02. The van der Waals surface area contributed by atoms with Gasteiger partial charge in [-0.25, -0.2) is 0 Å². The summed E-state index contributed by atoms with van der Waals surface area (Å²) in [5, 5.41) is 50.2. The number of furan rings is 1. The molecule has 0 radical (unpaired) electrons. The quantitative estimate of drug-likeness (QED) is 0.220. The van der Waals surface area contributed by atoms with Crippen molar-refractivity contribution in [2.75, 3.05) is 0 Å². The monoisotopic (exact) mass is 454 g/mol. The molecule has 5 N–H and O–H groups in total. The zero-order valence-electron chi connectivity index (χ0n) is 18.1. The molecule has 0 bridgehead atoms. The van der Waals surface area contributed by atoms with E-state index >= 15 is 0 Å². The summed E-state index contributed by atoms with van der Waals surface area (Å²) in [5.74, 6) is 0.586. The molecule has 1 heterocycles. The van der Waals surface area contributed by atoms with Gasteiger partial charge in [0.1, 0.15) is 40.1 Å². The number of phenolic OH excluding ortho intramolecular Hbond substituents is 5. The lowest BCUT2D eigenvalue weighted by atomic mass is 9.96. The molecule has 6 heteroatoms. The molecule has 0 aliphatic rings. The molecule has 1 aromatic heterocycles. The van der Waals surface area contributed by atoms with Gasteiger partial charge in [0.05, 0.1) is 0 Å². The Balaban J connectivity index is 1.61. The average molecular weight is 454 g/mol. The highest BCUT2D eigenvalue weighted by Gasteiger charge is 2.19. The number of aromatic hydroxyl groups is 5. The fraction of sp³-hybridized carbons (Fsp3) is 0.0714. The molecule has 0 saturated carbocycles. The Morgan fingerprint density at radius 1 is 0.500 bits per heavy atom. The van der Waals surface area contributed by atoms with Gasteiger partial charge in [0, 0.05) is 28.6 Å².